The molecule has 0 fully saturated rings. The van der Waals surface area contributed by atoms with E-state index in [0.717, 1.165) is 11.8 Å². The second kappa shape index (κ2) is 8.30. The number of rotatable bonds is 6. The van der Waals surface area contributed by atoms with Gasteiger partial charge < -0.3 is 10.1 Å². The SMILES string of the molecule is CCOC(=O)CSC1=C(C#N)C(c2ccc([N+](=O)[O-])cc2)CC(=O)N1. The molecule has 0 radical (unpaired) electrons. The van der Waals surface area contributed by atoms with E-state index in [2.05, 4.69) is 11.4 Å². The Morgan fingerprint density at radius 2 is 2.16 bits per heavy atom. The van der Waals surface area contributed by atoms with Gasteiger partial charge >= 0.3 is 5.97 Å². The summed E-state index contributed by atoms with van der Waals surface area (Å²) in [6.07, 6.45) is 0.0597. The number of benzene rings is 1. The van der Waals surface area contributed by atoms with Crippen molar-refractivity contribution in [2.24, 2.45) is 0 Å². The van der Waals surface area contributed by atoms with Crippen LogP contribution in [0, 0.1) is 21.4 Å². The standard InChI is InChI=1S/C16H15N3O5S/c1-2-24-15(21)9-25-16-13(8-17)12(7-14(20)18-16)10-3-5-11(6-4-10)19(22)23/h3-6,12H,2,7,9H2,1H3,(H,18,20). The molecule has 0 saturated heterocycles. The quantitative estimate of drug-likeness (QED) is 0.468. The predicted octanol–water partition coefficient (Wildman–Crippen LogP) is 2.23. The molecule has 1 aliphatic heterocycles. The number of hydrogen-bond acceptors (Lipinski definition) is 7. The molecule has 1 aromatic carbocycles. The number of nitro groups is 1. The number of nitriles is 1. The van der Waals surface area contributed by atoms with Crippen molar-refractivity contribution in [1.82, 2.24) is 5.32 Å². The highest BCUT2D eigenvalue weighted by molar-refractivity contribution is 8.03. The number of carbonyl (C=O) groups excluding carboxylic acids is 2. The first kappa shape index (κ1) is 18.5. The molecule has 1 aliphatic rings. The zero-order valence-electron chi connectivity index (χ0n) is 13.4. The van der Waals surface area contributed by atoms with E-state index < -0.39 is 16.8 Å². The maximum Gasteiger partial charge on any atom is 0.316 e. The van der Waals surface area contributed by atoms with Crippen LogP contribution < -0.4 is 5.32 Å². The maximum atomic E-state index is 12.0. The lowest BCUT2D eigenvalue weighted by Crippen LogP contribution is -2.31. The van der Waals surface area contributed by atoms with Crippen molar-refractivity contribution in [3.63, 3.8) is 0 Å². The number of allylic oxidation sites excluding steroid dienone is 1. The minimum absolute atomic E-state index is 0.0262. The lowest BCUT2D eigenvalue weighted by atomic mass is 9.87. The third-order valence-electron chi connectivity index (χ3n) is 3.50. The summed E-state index contributed by atoms with van der Waals surface area (Å²) in [7, 11) is 0. The highest BCUT2D eigenvalue weighted by Gasteiger charge is 2.30. The summed E-state index contributed by atoms with van der Waals surface area (Å²) in [4.78, 5) is 33.7. The number of esters is 1. The molecule has 1 heterocycles. The molecule has 1 unspecified atom stereocenters. The Morgan fingerprint density at radius 1 is 1.48 bits per heavy atom. The highest BCUT2D eigenvalue weighted by atomic mass is 32.2. The summed E-state index contributed by atoms with van der Waals surface area (Å²) < 4.78 is 4.83. The first-order valence-electron chi connectivity index (χ1n) is 7.43. The summed E-state index contributed by atoms with van der Waals surface area (Å²) in [5.41, 5.74) is 0.886. The maximum absolute atomic E-state index is 12.0. The molecule has 0 bridgehead atoms. The van der Waals surface area contributed by atoms with Gasteiger partial charge in [-0.1, -0.05) is 23.9 Å². The fourth-order valence-electron chi connectivity index (χ4n) is 2.38. The van der Waals surface area contributed by atoms with Crippen LogP contribution in [-0.4, -0.2) is 29.2 Å². The molecule has 25 heavy (non-hydrogen) atoms. The Hall–Kier alpha value is -2.86. The normalized spacial score (nSPS) is 16.8. The molecule has 9 heteroatoms. The second-order valence-electron chi connectivity index (χ2n) is 5.10. The number of nitrogens with one attached hydrogen (secondary N) is 1. The minimum Gasteiger partial charge on any atom is -0.465 e. The van der Waals surface area contributed by atoms with Crippen LogP contribution in [0.25, 0.3) is 0 Å². The molecule has 2 rings (SSSR count). The van der Waals surface area contributed by atoms with Crippen molar-refractivity contribution in [2.45, 2.75) is 19.3 Å². The predicted molar refractivity (Wildman–Crippen MR) is 90.3 cm³/mol. The van der Waals surface area contributed by atoms with Gasteiger partial charge in [0, 0.05) is 24.5 Å². The van der Waals surface area contributed by atoms with Crippen LogP contribution in [0.15, 0.2) is 34.9 Å². The lowest BCUT2D eigenvalue weighted by Gasteiger charge is -2.24. The van der Waals surface area contributed by atoms with Gasteiger partial charge in [0.1, 0.15) is 0 Å². The van der Waals surface area contributed by atoms with E-state index in [0.29, 0.717) is 16.2 Å². The second-order valence-corrected chi connectivity index (χ2v) is 6.09. The summed E-state index contributed by atoms with van der Waals surface area (Å²) in [6, 6.07) is 7.81. The van der Waals surface area contributed by atoms with Crippen molar-refractivity contribution < 1.29 is 19.2 Å². The van der Waals surface area contributed by atoms with Crippen molar-refractivity contribution in [3.05, 3.63) is 50.5 Å². The van der Waals surface area contributed by atoms with Crippen LogP contribution in [0.4, 0.5) is 5.69 Å². The van der Waals surface area contributed by atoms with Gasteiger partial charge in [-0.25, -0.2) is 0 Å². The number of non-ortho nitro benzene ring substituents is 1. The fourth-order valence-corrected chi connectivity index (χ4v) is 3.25. The minimum atomic E-state index is -0.515. The van der Waals surface area contributed by atoms with Gasteiger partial charge in [0.15, 0.2) is 0 Å². The Balaban J connectivity index is 2.28. The van der Waals surface area contributed by atoms with Crippen molar-refractivity contribution in [2.75, 3.05) is 12.4 Å². The van der Waals surface area contributed by atoms with Gasteiger partial charge in [-0.3, -0.25) is 19.7 Å². The fraction of sp³-hybridized carbons (Fsp3) is 0.312. The van der Waals surface area contributed by atoms with E-state index >= 15 is 0 Å². The molecule has 8 nitrogen and oxygen atoms in total. The van der Waals surface area contributed by atoms with Gasteiger partial charge in [0.25, 0.3) is 5.69 Å². The van der Waals surface area contributed by atoms with Crippen molar-refractivity contribution in [3.8, 4) is 6.07 Å². The van der Waals surface area contributed by atoms with E-state index in [4.69, 9.17) is 4.74 Å². The molecule has 0 aromatic heterocycles. The first-order chi connectivity index (χ1) is 12.0. The zero-order chi connectivity index (χ0) is 18.4. The number of hydrogen-bond donors (Lipinski definition) is 1. The van der Waals surface area contributed by atoms with Crippen LogP contribution >= 0.6 is 11.8 Å². The van der Waals surface area contributed by atoms with Gasteiger partial charge in [-0.15, -0.1) is 0 Å². The van der Waals surface area contributed by atoms with Crippen molar-refractivity contribution in [1.29, 1.82) is 5.26 Å². The van der Waals surface area contributed by atoms with Gasteiger partial charge in [0.05, 0.1) is 34.0 Å². The third kappa shape index (κ3) is 4.58. The third-order valence-corrected chi connectivity index (χ3v) is 4.49. The molecule has 0 spiro atoms. The molecular formula is C16H15N3O5S. The molecule has 1 N–H and O–H groups in total. The van der Waals surface area contributed by atoms with Crippen LogP contribution in [0.1, 0.15) is 24.8 Å². The Bertz CT molecular complexity index is 767. The average molecular weight is 361 g/mol. The number of ether oxygens (including phenoxy) is 1. The van der Waals surface area contributed by atoms with Crippen molar-refractivity contribution >= 4 is 29.3 Å². The number of nitro benzene ring substituents is 1. The molecule has 1 amide bonds. The highest BCUT2D eigenvalue weighted by Crippen LogP contribution is 2.36. The Kier molecular flexibility index (Phi) is 6.14. The number of thioether (sulfide) groups is 1. The number of amides is 1. The van der Waals surface area contributed by atoms with E-state index in [-0.39, 0.29) is 30.4 Å². The monoisotopic (exact) mass is 361 g/mol. The average Bonchev–Trinajstić information content (AvgIpc) is 2.59. The van der Waals surface area contributed by atoms with E-state index in [1.807, 2.05) is 0 Å². The van der Waals surface area contributed by atoms with Crippen LogP contribution in [-0.2, 0) is 14.3 Å². The van der Waals surface area contributed by atoms with Crippen LogP contribution in [0.5, 0.6) is 0 Å². The van der Waals surface area contributed by atoms with E-state index in [1.54, 1.807) is 6.92 Å². The number of nitrogens with zero attached hydrogens (tertiary/aromatic N) is 2. The lowest BCUT2D eigenvalue weighted by molar-refractivity contribution is -0.384. The first-order valence-corrected chi connectivity index (χ1v) is 8.41. The topological polar surface area (TPSA) is 122 Å². The summed E-state index contributed by atoms with van der Waals surface area (Å²) >= 11 is 1.03. The number of carbonyl (C=O) groups is 2. The van der Waals surface area contributed by atoms with Gasteiger partial charge in [-0.05, 0) is 12.5 Å². The smallest absolute Gasteiger partial charge is 0.316 e. The molecule has 1 atom stereocenters. The van der Waals surface area contributed by atoms with Gasteiger partial charge in [0.2, 0.25) is 5.91 Å². The van der Waals surface area contributed by atoms with Gasteiger partial charge in [-0.2, -0.15) is 5.26 Å². The molecule has 0 aliphatic carbocycles. The summed E-state index contributed by atoms with van der Waals surface area (Å²) in [6.45, 7) is 1.94. The Labute approximate surface area is 148 Å². The molecule has 1 aromatic rings. The molecule has 130 valence electrons. The molecular weight excluding hydrogens is 346 g/mol. The van der Waals surface area contributed by atoms with E-state index in [9.17, 15) is 25.0 Å². The Morgan fingerprint density at radius 3 is 2.72 bits per heavy atom. The summed E-state index contributed by atoms with van der Waals surface area (Å²) in [5, 5.41) is 23.2. The zero-order valence-corrected chi connectivity index (χ0v) is 14.2. The largest absolute Gasteiger partial charge is 0.465 e. The summed E-state index contributed by atoms with van der Waals surface area (Å²) in [5.74, 6) is -1.26. The van der Waals surface area contributed by atoms with Crippen LogP contribution in [0.3, 0.4) is 0 Å². The van der Waals surface area contributed by atoms with Crippen LogP contribution in [0.2, 0.25) is 0 Å². The molecule has 0 saturated carbocycles. The van der Waals surface area contributed by atoms with E-state index in [1.165, 1.54) is 24.3 Å².